The van der Waals surface area contributed by atoms with Crippen LogP contribution in [0.5, 0.6) is 0 Å². The monoisotopic (exact) mass is 379 g/mol. The van der Waals surface area contributed by atoms with Gasteiger partial charge in [-0.2, -0.15) is 0 Å². The molecule has 6 nitrogen and oxygen atoms in total. The maximum Gasteiger partial charge on any atom is 0.240 e. The fourth-order valence-electron chi connectivity index (χ4n) is 3.25. The van der Waals surface area contributed by atoms with E-state index in [1.807, 2.05) is 61.2 Å². The Hall–Kier alpha value is -2.80. The number of nitrogens with two attached hydrogens (primary N) is 1. The molecule has 4 rings (SSSR count). The van der Waals surface area contributed by atoms with E-state index in [0.29, 0.717) is 17.5 Å². The van der Waals surface area contributed by atoms with E-state index in [9.17, 15) is 4.79 Å². The summed E-state index contributed by atoms with van der Waals surface area (Å²) in [7, 11) is 0. The summed E-state index contributed by atoms with van der Waals surface area (Å²) in [6.07, 6.45) is 0.893. The molecule has 0 fully saturated rings. The van der Waals surface area contributed by atoms with Crippen LogP contribution in [-0.4, -0.2) is 32.6 Å². The van der Waals surface area contributed by atoms with Crippen LogP contribution in [0.4, 0.5) is 5.69 Å². The average Bonchev–Trinajstić information content (AvgIpc) is 3.26. The molecule has 0 bridgehead atoms. The fraction of sp³-hybridized carbons (Fsp3) is 0.250. The second-order valence-electron chi connectivity index (χ2n) is 6.67. The first-order valence-electron chi connectivity index (χ1n) is 8.88. The number of rotatable bonds is 4. The SMILES string of the molecule is Cc1ccc(-c2nnc(SC(C)C(=O)N3CCc4ccccc43)n2N)cc1. The Morgan fingerprint density at radius 2 is 1.89 bits per heavy atom. The van der Waals surface area contributed by atoms with Gasteiger partial charge in [0.15, 0.2) is 5.82 Å². The molecule has 0 aliphatic carbocycles. The molecule has 1 aliphatic heterocycles. The molecular weight excluding hydrogens is 358 g/mol. The van der Waals surface area contributed by atoms with E-state index in [0.717, 1.165) is 17.7 Å². The summed E-state index contributed by atoms with van der Waals surface area (Å²) in [4.78, 5) is 14.8. The van der Waals surface area contributed by atoms with E-state index in [1.165, 1.54) is 27.6 Å². The Morgan fingerprint density at radius 3 is 2.67 bits per heavy atom. The Labute approximate surface area is 162 Å². The van der Waals surface area contributed by atoms with Crippen LogP contribution in [0.25, 0.3) is 11.4 Å². The molecule has 138 valence electrons. The number of thioether (sulfide) groups is 1. The van der Waals surface area contributed by atoms with Gasteiger partial charge in [-0.1, -0.05) is 59.8 Å². The van der Waals surface area contributed by atoms with Crippen molar-refractivity contribution in [3.05, 3.63) is 59.7 Å². The van der Waals surface area contributed by atoms with Crippen LogP contribution in [0.1, 0.15) is 18.1 Å². The Bertz CT molecular complexity index is 982. The quantitative estimate of drug-likeness (QED) is 0.557. The van der Waals surface area contributed by atoms with E-state index in [2.05, 4.69) is 16.3 Å². The average molecular weight is 379 g/mol. The van der Waals surface area contributed by atoms with Crippen LogP contribution >= 0.6 is 11.8 Å². The molecule has 7 heteroatoms. The van der Waals surface area contributed by atoms with Crippen molar-refractivity contribution in [3.8, 4) is 11.4 Å². The van der Waals surface area contributed by atoms with Gasteiger partial charge >= 0.3 is 0 Å². The van der Waals surface area contributed by atoms with Crippen LogP contribution < -0.4 is 10.7 Å². The molecule has 1 aromatic heterocycles. The van der Waals surface area contributed by atoms with E-state index in [4.69, 9.17) is 5.84 Å². The van der Waals surface area contributed by atoms with Gasteiger partial charge in [0.05, 0.1) is 5.25 Å². The smallest absolute Gasteiger partial charge is 0.240 e. The van der Waals surface area contributed by atoms with Gasteiger partial charge in [-0.05, 0) is 31.9 Å². The normalized spacial score (nSPS) is 14.2. The number of fused-ring (bicyclic) bond motifs is 1. The van der Waals surface area contributed by atoms with Crippen molar-refractivity contribution in [1.29, 1.82) is 0 Å². The number of hydrogen-bond acceptors (Lipinski definition) is 5. The van der Waals surface area contributed by atoms with Gasteiger partial charge in [0, 0.05) is 17.8 Å². The van der Waals surface area contributed by atoms with Crippen molar-refractivity contribution in [2.75, 3.05) is 17.3 Å². The van der Waals surface area contributed by atoms with Crippen molar-refractivity contribution in [3.63, 3.8) is 0 Å². The Kier molecular flexibility index (Phi) is 4.61. The maximum atomic E-state index is 12.9. The topological polar surface area (TPSA) is 77.0 Å². The van der Waals surface area contributed by atoms with Crippen LogP contribution in [0, 0.1) is 6.92 Å². The second kappa shape index (κ2) is 7.08. The number of carbonyl (C=O) groups is 1. The number of para-hydroxylation sites is 1. The number of carbonyl (C=O) groups excluding carboxylic acids is 1. The highest BCUT2D eigenvalue weighted by Crippen LogP contribution is 2.31. The number of aryl methyl sites for hydroxylation is 1. The summed E-state index contributed by atoms with van der Waals surface area (Å²) in [5.74, 6) is 6.84. The number of benzene rings is 2. The zero-order chi connectivity index (χ0) is 19.0. The molecule has 1 amide bonds. The fourth-order valence-corrected chi connectivity index (χ4v) is 4.08. The number of hydrogen-bond donors (Lipinski definition) is 1. The number of anilines is 1. The van der Waals surface area contributed by atoms with Gasteiger partial charge in [-0.3, -0.25) is 4.79 Å². The molecule has 1 unspecified atom stereocenters. The van der Waals surface area contributed by atoms with Gasteiger partial charge < -0.3 is 10.7 Å². The van der Waals surface area contributed by atoms with Gasteiger partial charge in [0.2, 0.25) is 11.1 Å². The molecule has 0 saturated carbocycles. The van der Waals surface area contributed by atoms with Gasteiger partial charge in [0.25, 0.3) is 0 Å². The Morgan fingerprint density at radius 1 is 1.15 bits per heavy atom. The third-order valence-electron chi connectivity index (χ3n) is 4.76. The highest BCUT2D eigenvalue weighted by atomic mass is 32.2. The zero-order valence-corrected chi connectivity index (χ0v) is 16.1. The molecule has 27 heavy (non-hydrogen) atoms. The third kappa shape index (κ3) is 3.30. The molecule has 3 aromatic rings. The van der Waals surface area contributed by atoms with Crippen molar-refractivity contribution in [1.82, 2.24) is 14.9 Å². The molecule has 0 spiro atoms. The number of aromatic nitrogens is 3. The summed E-state index contributed by atoms with van der Waals surface area (Å²) in [5.41, 5.74) is 4.28. The molecule has 2 heterocycles. The predicted octanol–water partition coefficient (Wildman–Crippen LogP) is 3.04. The predicted molar refractivity (Wildman–Crippen MR) is 108 cm³/mol. The van der Waals surface area contributed by atoms with E-state index < -0.39 is 0 Å². The first-order valence-corrected chi connectivity index (χ1v) is 9.76. The highest BCUT2D eigenvalue weighted by molar-refractivity contribution is 8.00. The minimum Gasteiger partial charge on any atom is -0.335 e. The van der Waals surface area contributed by atoms with Crippen LogP contribution in [0.15, 0.2) is 53.7 Å². The minimum atomic E-state index is -0.312. The molecule has 0 saturated heterocycles. The summed E-state index contributed by atoms with van der Waals surface area (Å²) in [5, 5.41) is 8.61. The molecule has 2 aromatic carbocycles. The molecular formula is C20H21N5OS. The van der Waals surface area contributed by atoms with Crippen molar-refractivity contribution < 1.29 is 4.79 Å². The summed E-state index contributed by atoms with van der Waals surface area (Å²) < 4.78 is 1.46. The van der Waals surface area contributed by atoms with Crippen molar-refractivity contribution >= 4 is 23.4 Å². The maximum absolute atomic E-state index is 12.9. The summed E-state index contributed by atoms with van der Waals surface area (Å²) in [6, 6.07) is 16.0. The third-order valence-corrected chi connectivity index (χ3v) is 5.80. The standard InChI is InChI=1S/C20H21N5OS/c1-13-7-9-16(10-8-13)18-22-23-20(25(18)21)27-14(2)19(26)24-12-11-15-5-3-4-6-17(15)24/h3-10,14H,11-12,21H2,1-2H3. The number of amides is 1. The van der Waals surface area contributed by atoms with Crippen LogP contribution in [0.3, 0.4) is 0 Å². The van der Waals surface area contributed by atoms with Gasteiger partial charge in [-0.25, -0.2) is 4.68 Å². The van der Waals surface area contributed by atoms with Crippen molar-refractivity contribution in [2.45, 2.75) is 30.7 Å². The van der Waals surface area contributed by atoms with E-state index in [-0.39, 0.29) is 11.2 Å². The first-order chi connectivity index (χ1) is 13.0. The van der Waals surface area contributed by atoms with Crippen LogP contribution in [-0.2, 0) is 11.2 Å². The molecule has 2 N–H and O–H groups in total. The number of nitrogens with zero attached hydrogens (tertiary/aromatic N) is 4. The number of nitrogen functional groups attached to an aromatic ring is 1. The lowest BCUT2D eigenvalue weighted by Gasteiger charge is -2.21. The largest absolute Gasteiger partial charge is 0.335 e. The second-order valence-corrected chi connectivity index (χ2v) is 7.98. The zero-order valence-electron chi connectivity index (χ0n) is 15.3. The lowest BCUT2D eigenvalue weighted by Crippen LogP contribution is -2.35. The highest BCUT2D eigenvalue weighted by Gasteiger charge is 2.29. The lowest BCUT2D eigenvalue weighted by molar-refractivity contribution is -0.117. The summed E-state index contributed by atoms with van der Waals surface area (Å²) in [6.45, 7) is 4.63. The van der Waals surface area contributed by atoms with Crippen LogP contribution in [0.2, 0.25) is 0 Å². The van der Waals surface area contributed by atoms with Gasteiger partial charge in [0.1, 0.15) is 0 Å². The minimum absolute atomic E-state index is 0.0600. The van der Waals surface area contributed by atoms with E-state index >= 15 is 0 Å². The molecule has 1 aliphatic rings. The lowest BCUT2D eigenvalue weighted by atomic mass is 10.1. The van der Waals surface area contributed by atoms with Gasteiger partial charge in [-0.15, -0.1) is 10.2 Å². The van der Waals surface area contributed by atoms with Crippen molar-refractivity contribution in [2.24, 2.45) is 0 Å². The molecule has 1 atom stereocenters. The Balaban J connectivity index is 1.51. The molecule has 0 radical (unpaired) electrons. The van der Waals surface area contributed by atoms with E-state index in [1.54, 1.807) is 0 Å². The first kappa shape index (κ1) is 17.6. The summed E-state index contributed by atoms with van der Waals surface area (Å²) >= 11 is 1.33.